The van der Waals surface area contributed by atoms with Gasteiger partial charge in [-0.05, 0) is 47.7 Å². The fourth-order valence-corrected chi connectivity index (χ4v) is 4.52. The second-order valence-corrected chi connectivity index (χ2v) is 7.54. The molecular formula is C18H18BrFN2O2. The fraction of sp³-hybridized carbons (Fsp3) is 0.444. The van der Waals surface area contributed by atoms with Gasteiger partial charge in [-0.2, -0.15) is 0 Å². The van der Waals surface area contributed by atoms with E-state index >= 15 is 0 Å². The Bertz CT molecular complexity index is 849. The fourth-order valence-electron chi connectivity index (χ4n) is 4.18. The highest BCUT2D eigenvalue weighted by molar-refractivity contribution is 9.10. The van der Waals surface area contributed by atoms with Crippen molar-refractivity contribution in [1.29, 1.82) is 0 Å². The zero-order valence-corrected chi connectivity index (χ0v) is 15.2. The molecule has 4 rings (SSSR count). The van der Waals surface area contributed by atoms with Crippen LogP contribution in [-0.4, -0.2) is 31.2 Å². The van der Waals surface area contributed by atoms with E-state index in [9.17, 15) is 9.18 Å². The number of hydrogen-bond donors (Lipinski definition) is 0. The van der Waals surface area contributed by atoms with Crippen molar-refractivity contribution >= 4 is 38.4 Å². The van der Waals surface area contributed by atoms with Crippen LogP contribution in [0.2, 0.25) is 0 Å². The van der Waals surface area contributed by atoms with Gasteiger partial charge in [0.2, 0.25) is 5.91 Å². The Morgan fingerprint density at radius 2 is 2.21 bits per heavy atom. The molecule has 4 nitrogen and oxygen atoms in total. The number of rotatable bonds is 3. The molecule has 1 aliphatic heterocycles. The normalized spacial score (nSPS) is 25.4. The maximum atomic E-state index is 13.9. The van der Waals surface area contributed by atoms with E-state index in [2.05, 4.69) is 20.9 Å². The van der Waals surface area contributed by atoms with E-state index in [1.807, 2.05) is 6.92 Å². The largest absolute Gasteiger partial charge is 0.381 e. The molecule has 0 bridgehead atoms. The minimum absolute atomic E-state index is 0.111. The summed E-state index contributed by atoms with van der Waals surface area (Å²) >= 11 is 3.26. The third kappa shape index (κ3) is 2.05. The summed E-state index contributed by atoms with van der Waals surface area (Å²) in [4.78, 5) is 19.0. The molecule has 0 N–H and O–H groups in total. The Kier molecular flexibility index (Phi) is 3.65. The summed E-state index contributed by atoms with van der Waals surface area (Å²) in [5.74, 6) is 0.157. The van der Waals surface area contributed by atoms with Gasteiger partial charge in [-0.3, -0.25) is 9.78 Å². The minimum Gasteiger partial charge on any atom is -0.381 e. The van der Waals surface area contributed by atoms with Crippen LogP contribution in [0, 0.1) is 11.7 Å². The highest BCUT2D eigenvalue weighted by Crippen LogP contribution is 2.57. The van der Waals surface area contributed by atoms with Crippen LogP contribution in [0.1, 0.15) is 25.3 Å². The van der Waals surface area contributed by atoms with Gasteiger partial charge < -0.3 is 9.64 Å². The van der Waals surface area contributed by atoms with Crippen LogP contribution in [0.3, 0.4) is 0 Å². The lowest BCUT2D eigenvalue weighted by molar-refractivity contribution is -0.128. The van der Waals surface area contributed by atoms with E-state index in [4.69, 9.17) is 4.74 Å². The maximum Gasteiger partial charge on any atom is 0.237 e. The number of aromatic nitrogens is 1. The summed E-state index contributed by atoms with van der Waals surface area (Å²) in [5, 5.41) is 0.855. The average Bonchev–Trinajstić information content (AvgIpc) is 2.75. The topological polar surface area (TPSA) is 42.4 Å². The number of pyridine rings is 1. The SMILES string of the molecule is CCOCC1CC2(C1)C(=O)N(C)c1cnc3cc(F)c(Br)cc3c12. The second-order valence-electron chi connectivity index (χ2n) is 6.68. The lowest BCUT2D eigenvalue weighted by atomic mass is 9.59. The first kappa shape index (κ1) is 16.0. The van der Waals surface area contributed by atoms with Crippen molar-refractivity contribution in [2.24, 2.45) is 5.92 Å². The molecule has 2 aromatic rings. The highest BCUT2D eigenvalue weighted by atomic mass is 79.9. The molecule has 1 fully saturated rings. The van der Waals surface area contributed by atoms with Crippen LogP contribution in [0.25, 0.3) is 10.9 Å². The molecule has 0 atom stereocenters. The lowest BCUT2D eigenvalue weighted by Gasteiger charge is -2.44. The molecular weight excluding hydrogens is 375 g/mol. The van der Waals surface area contributed by atoms with Gasteiger partial charge >= 0.3 is 0 Å². The van der Waals surface area contributed by atoms with Crippen LogP contribution in [0.15, 0.2) is 22.8 Å². The van der Waals surface area contributed by atoms with E-state index in [1.54, 1.807) is 24.2 Å². The number of nitrogens with zero attached hydrogens (tertiary/aromatic N) is 2. The van der Waals surface area contributed by atoms with Gasteiger partial charge in [-0.25, -0.2) is 4.39 Å². The Balaban J connectivity index is 1.85. The van der Waals surface area contributed by atoms with E-state index < -0.39 is 5.41 Å². The Hall–Kier alpha value is -1.53. The monoisotopic (exact) mass is 392 g/mol. The third-order valence-corrected chi connectivity index (χ3v) is 5.88. The van der Waals surface area contributed by atoms with Crippen molar-refractivity contribution < 1.29 is 13.9 Å². The van der Waals surface area contributed by atoms with Crippen molar-refractivity contribution in [2.45, 2.75) is 25.2 Å². The molecule has 6 heteroatoms. The van der Waals surface area contributed by atoms with E-state index in [-0.39, 0.29) is 11.7 Å². The molecule has 24 heavy (non-hydrogen) atoms. The molecule has 126 valence electrons. The second kappa shape index (κ2) is 5.49. The van der Waals surface area contributed by atoms with Crippen LogP contribution in [-0.2, 0) is 14.9 Å². The number of carbonyl (C=O) groups is 1. The molecule has 0 unspecified atom stereocenters. The number of hydrogen-bond acceptors (Lipinski definition) is 3. The summed E-state index contributed by atoms with van der Waals surface area (Å²) in [7, 11) is 1.79. The molecule has 2 aliphatic rings. The summed E-state index contributed by atoms with van der Waals surface area (Å²) in [5.41, 5.74) is 1.91. The molecule has 1 aliphatic carbocycles. The number of benzene rings is 1. The molecule has 1 aromatic carbocycles. The van der Waals surface area contributed by atoms with Gasteiger partial charge in [0.15, 0.2) is 0 Å². The number of fused-ring (bicyclic) bond motifs is 4. The molecule has 0 radical (unpaired) electrons. The summed E-state index contributed by atoms with van der Waals surface area (Å²) in [6.45, 7) is 3.35. The van der Waals surface area contributed by atoms with Crippen LogP contribution >= 0.6 is 15.9 Å². The van der Waals surface area contributed by atoms with Crippen molar-refractivity contribution in [3.8, 4) is 0 Å². The first-order chi connectivity index (χ1) is 11.5. The predicted molar refractivity (Wildman–Crippen MR) is 93.7 cm³/mol. The standard InChI is InChI=1S/C18H18BrFN2O2/c1-3-24-9-10-6-18(7-10)16-11-4-12(19)13(20)5-14(11)21-8-15(16)22(2)17(18)23/h4-5,8,10H,3,6-7,9H2,1-2H3. The number of amides is 1. The van der Waals surface area contributed by atoms with Crippen LogP contribution < -0.4 is 4.90 Å². The van der Waals surface area contributed by atoms with Gasteiger partial charge in [0.25, 0.3) is 0 Å². The van der Waals surface area contributed by atoms with Crippen molar-refractivity contribution in [2.75, 3.05) is 25.2 Å². The average molecular weight is 393 g/mol. The third-order valence-electron chi connectivity index (χ3n) is 5.28. The number of ether oxygens (including phenoxy) is 1. The van der Waals surface area contributed by atoms with Crippen LogP contribution in [0.4, 0.5) is 10.1 Å². The molecule has 0 saturated heterocycles. The quantitative estimate of drug-likeness (QED) is 0.797. The molecule has 1 aromatic heterocycles. The van der Waals surface area contributed by atoms with Gasteiger partial charge in [0.05, 0.1) is 27.3 Å². The minimum atomic E-state index is -0.510. The maximum absolute atomic E-state index is 13.9. The van der Waals surface area contributed by atoms with Crippen molar-refractivity contribution in [1.82, 2.24) is 4.98 Å². The molecule has 2 heterocycles. The van der Waals surface area contributed by atoms with Gasteiger partial charge in [0, 0.05) is 37.3 Å². The van der Waals surface area contributed by atoms with E-state index in [0.29, 0.717) is 29.1 Å². The van der Waals surface area contributed by atoms with Crippen molar-refractivity contribution in [3.05, 3.63) is 34.2 Å². The summed E-state index contributed by atoms with van der Waals surface area (Å²) < 4.78 is 19.8. The summed E-state index contributed by atoms with van der Waals surface area (Å²) in [6.07, 6.45) is 3.24. The van der Waals surface area contributed by atoms with Gasteiger partial charge in [-0.1, -0.05) is 0 Å². The first-order valence-electron chi connectivity index (χ1n) is 8.12. The van der Waals surface area contributed by atoms with Gasteiger partial charge in [0.1, 0.15) is 5.82 Å². The molecule has 1 amide bonds. The predicted octanol–water partition coefficient (Wildman–Crippen LogP) is 3.80. The van der Waals surface area contributed by atoms with Crippen LogP contribution in [0.5, 0.6) is 0 Å². The Morgan fingerprint density at radius 3 is 2.92 bits per heavy atom. The lowest BCUT2D eigenvalue weighted by Crippen LogP contribution is -2.50. The number of halogens is 2. The zero-order valence-electron chi connectivity index (χ0n) is 13.6. The Morgan fingerprint density at radius 1 is 1.46 bits per heavy atom. The zero-order chi connectivity index (χ0) is 17.1. The highest BCUT2D eigenvalue weighted by Gasteiger charge is 2.58. The van der Waals surface area contributed by atoms with E-state index in [1.165, 1.54) is 6.07 Å². The smallest absolute Gasteiger partial charge is 0.237 e. The number of likely N-dealkylation sites (N-methyl/N-ethyl adjacent to an activating group) is 1. The number of carbonyl (C=O) groups excluding carboxylic acids is 1. The van der Waals surface area contributed by atoms with Gasteiger partial charge in [-0.15, -0.1) is 0 Å². The Labute approximate surface area is 148 Å². The molecule has 1 saturated carbocycles. The summed E-state index contributed by atoms with van der Waals surface area (Å²) in [6, 6.07) is 3.17. The number of anilines is 1. The first-order valence-corrected chi connectivity index (χ1v) is 8.91. The van der Waals surface area contributed by atoms with Crippen molar-refractivity contribution in [3.63, 3.8) is 0 Å². The molecule has 1 spiro atoms. The van der Waals surface area contributed by atoms with E-state index in [0.717, 1.165) is 29.5 Å².